The van der Waals surface area contributed by atoms with Crippen LogP contribution in [0.3, 0.4) is 0 Å². The van der Waals surface area contributed by atoms with Gasteiger partial charge >= 0.3 is 0 Å². The molecule has 2 rings (SSSR count). The first-order valence-electron chi connectivity index (χ1n) is 5.54. The Kier molecular flexibility index (Phi) is 3.09. The molecule has 1 aromatic heterocycles. The summed E-state index contributed by atoms with van der Waals surface area (Å²) < 4.78 is 5.01. The number of nitrogens with zero attached hydrogens (tertiary/aromatic N) is 1. The quantitative estimate of drug-likeness (QED) is 0.804. The van der Waals surface area contributed by atoms with Gasteiger partial charge in [0.15, 0.2) is 0 Å². The number of rotatable bonds is 5. The van der Waals surface area contributed by atoms with Gasteiger partial charge in [-0.3, -0.25) is 0 Å². The second-order valence-corrected chi connectivity index (χ2v) is 4.31. The van der Waals surface area contributed by atoms with Crippen LogP contribution < -0.4 is 10.1 Å². The van der Waals surface area contributed by atoms with Crippen molar-refractivity contribution in [2.45, 2.75) is 32.2 Å². The third kappa shape index (κ3) is 3.11. The van der Waals surface area contributed by atoms with E-state index in [1.54, 1.807) is 7.11 Å². The zero-order valence-corrected chi connectivity index (χ0v) is 9.36. The molecule has 0 amide bonds. The van der Waals surface area contributed by atoms with E-state index in [1.807, 2.05) is 18.3 Å². The monoisotopic (exact) mass is 206 g/mol. The normalized spacial score (nSPS) is 17.2. The molecule has 82 valence electrons. The van der Waals surface area contributed by atoms with Crippen LogP contribution >= 0.6 is 0 Å². The largest absolute Gasteiger partial charge is 0.481 e. The highest BCUT2D eigenvalue weighted by Gasteiger charge is 2.23. The number of methoxy groups -OCH3 is 1. The van der Waals surface area contributed by atoms with Crippen molar-refractivity contribution in [2.75, 3.05) is 12.4 Å². The molecule has 3 heteroatoms. The number of nitrogens with one attached hydrogen (secondary N) is 1. The summed E-state index contributed by atoms with van der Waals surface area (Å²) in [5.74, 6) is 1.62. The van der Waals surface area contributed by atoms with Crippen molar-refractivity contribution < 1.29 is 4.74 Å². The van der Waals surface area contributed by atoms with Crippen molar-refractivity contribution in [3.8, 4) is 5.88 Å². The number of ether oxygens (including phenoxy) is 1. The number of hydrogen-bond acceptors (Lipinski definition) is 3. The zero-order valence-electron chi connectivity index (χ0n) is 9.36. The van der Waals surface area contributed by atoms with E-state index in [2.05, 4.69) is 17.2 Å². The van der Waals surface area contributed by atoms with Crippen LogP contribution in [0.1, 0.15) is 26.2 Å². The molecule has 1 unspecified atom stereocenters. The second kappa shape index (κ2) is 4.51. The Morgan fingerprint density at radius 3 is 2.87 bits per heavy atom. The maximum atomic E-state index is 5.01. The SMILES string of the molecule is COc1ccc(NC(C)CC2CC2)cn1. The molecule has 0 radical (unpaired) electrons. The lowest BCUT2D eigenvalue weighted by Crippen LogP contribution is -2.15. The fourth-order valence-electron chi connectivity index (χ4n) is 1.78. The van der Waals surface area contributed by atoms with Crippen LogP contribution in [-0.2, 0) is 0 Å². The van der Waals surface area contributed by atoms with Crippen LogP contribution in [0.15, 0.2) is 18.3 Å². The van der Waals surface area contributed by atoms with Crippen molar-refractivity contribution in [1.29, 1.82) is 0 Å². The van der Waals surface area contributed by atoms with Crippen molar-refractivity contribution in [3.05, 3.63) is 18.3 Å². The first-order chi connectivity index (χ1) is 7.28. The molecular formula is C12H18N2O. The summed E-state index contributed by atoms with van der Waals surface area (Å²) in [5.41, 5.74) is 1.07. The van der Waals surface area contributed by atoms with Crippen LogP contribution in [-0.4, -0.2) is 18.1 Å². The molecule has 0 aromatic carbocycles. The van der Waals surface area contributed by atoms with Gasteiger partial charge in [-0.15, -0.1) is 0 Å². The molecule has 1 aliphatic carbocycles. The summed E-state index contributed by atoms with van der Waals surface area (Å²) in [7, 11) is 1.63. The number of aromatic nitrogens is 1. The van der Waals surface area contributed by atoms with E-state index >= 15 is 0 Å². The Morgan fingerprint density at radius 1 is 1.53 bits per heavy atom. The molecule has 0 saturated heterocycles. The Labute approximate surface area is 90.9 Å². The molecule has 3 nitrogen and oxygen atoms in total. The number of anilines is 1. The lowest BCUT2D eigenvalue weighted by atomic mass is 10.1. The first-order valence-corrected chi connectivity index (χ1v) is 5.54. The maximum absolute atomic E-state index is 5.01. The zero-order chi connectivity index (χ0) is 10.7. The average molecular weight is 206 g/mol. The lowest BCUT2D eigenvalue weighted by Gasteiger charge is -2.14. The molecule has 1 aromatic rings. The smallest absolute Gasteiger partial charge is 0.213 e. The lowest BCUT2D eigenvalue weighted by molar-refractivity contribution is 0.398. The molecule has 0 spiro atoms. The highest BCUT2D eigenvalue weighted by molar-refractivity contribution is 5.42. The minimum absolute atomic E-state index is 0.535. The van der Waals surface area contributed by atoms with E-state index in [0.29, 0.717) is 11.9 Å². The highest BCUT2D eigenvalue weighted by Crippen LogP contribution is 2.34. The molecule has 0 aliphatic heterocycles. The molecule has 1 N–H and O–H groups in total. The van der Waals surface area contributed by atoms with Gasteiger partial charge in [0.1, 0.15) is 0 Å². The van der Waals surface area contributed by atoms with E-state index in [-0.39, 0.29) is 0 Å². The standard InChI is InChI=1S/C12H18N2O/c1-9(7-10-3-4-10)14-11-5-6-12(15-2)13-8-11/h5-6,8-10,14H,3-4,7H2,1-2H3. The van der Waals surface area contributed by atoms with Gasteiger partial charge in [-0.25, -0.2) is 4.98 Å². The summed E-state index contributed by atoms with van der Waals surface area (Å²) in [6.45, 7) is 2.22. The summed E-state index contributed by atoms with van der Waals surface area (Å²) in [6.07, 6.45) is 5.91. The van der Waals surface area contributed by atoms with Crippen LogP contribution in [0, 0.1) is 5.92 Å². The Hall–Kier alpha value is -1.25. The molecule has 1 atom stereocenters. The molecule has 1 saturated carbocycles. The molecule has 1 heterocycles. The van der Waals surface area contributed by atoms with Gasteiger partial charge in [0.2, 0.25) is 5.88 Å². The Bertz CT molecular complexity index is 306. The van der Waals surface area contributed by atoms with E-state index < -0.39 is 0 Å². The predicted molar refractivity (Wildman–Crippen MR) is 61.2 cm³/mol. The van der Waals surface area contributed by atoms with Crippen LogP contribution in [0.2, 0.25) is 0 Å². The summed E-state index contributed by atoms with van der Waals surface area (Å²) >= 11 is 0. The predicted octanol–water partition coefficient (Wildman–Crippen LogP) is 2.69. The second-order valence-electron chi connectivity index (χ2n) is 4.31. The topological polar surface area (TPSA) is 34.1 Å². The summed E-state index contributed by atoms with van der Waals surface area (Å²) in [5, 5.41) is 3.45. The van der Waals surface area contributed by atoms with Crippen LogP contribution in [0.25, 0.3) is 0 Å². The van der Waals surface area contributed by atoms with E-state index in [0.717, 1.165) is 11.6 Å². The number of hydrogen-bond donors (Lipinski definition) is 1. The van der Waals surface area contributed by atoms with Gasteiger partial charge in [0, 0.05) is 12.1 Å². The van der Waals surface area contributed by atoms with Gasteiger partial charge in [-0.1, -0.05) is 12.8 Å². The van der Waals surface area contributed by atoms with E-state index in [4.69, 9.17) is 4.74 Å². The number of pyridine rings is 1. The molecule has 1 aliphatic rings. The third-order valence-electron chi connectivity index (χ3n) is 2.74. The third-order valence-corrected chi connectivity index (χ3v) is 2.74. The van der Waals surface area contributed by atoms with E-state index in [9.17, 15) is 0 Å². The molecule has 0 bridgehead atoms. The molecule has 1 fully saturated rings. The van der Waals surface area contributed by atoms with Crippen molar-refractivity contribution >= 4 is 5.69 Å². The first kappa shape index (κ1) is 10.3. The maximum Gasteiger partial charge on any atom is 0.213 e. The fourth-order valence-corrected chi connectivity index (χ4v) is 1.78. The summed E-state index contributed by atoms with van der Waals surface area (Å²) in [4.78, 5) is 4.16. The Balaban J connectivity index is 1.85. The van der Waals surface area contributed by atoms with E-state index in [1.165, 1.54) is 19.3 Å². The minimum atomic E-state index is 0.535. The molecule has 15 heavy (non-hydrogen) atoms. The minimum Gasteiger partial charge on any atom is -0.481 e. The van der Waals surface area contributed by atoms with Gasteiger partial charge in [0.25, 0.3) is 0 Å². The van der Waals surface area contributed by atoms with Crippen molar-refractivity contribution in [3.63, 3.8) is 0 Å². The Morgan fingerprint density at radius 2 is 2.33 bits per heavy atom. The van der Waals surface area contributed by atoms with Crippen molar-refractivity contribution in [2.24, 2.45) is 5.92 Å². The van der Waals surface area contributed by atoms with Gasteiger partial charge in [0.05, 0.1) is 19.0 Å². The van der Waals surface area contributed by atoms with Gasteiger partial charge in [-0.2, -0.15) is 0 Å². The fraction of sp³-hybridized carbons (Fsp3) is 0.583. The highest BCUT2D eigenvalue weighted by atomic mass is 16.5. The van der Waals surface area contributed by atoms with Crippen molar-refractivity contribution in [1.82, 2.24) is 4.98 Å². The van der Waals surface area contributed by atoms with Crippen LogP contribution in [0.5, 0.6) is 5.88 Å². The van der Waals surface area contributed by atoms with Gasteiger partial charge in [-0.05, 0) is 25.3 Å². The van der Waals surface area contributed by atoms with Crippen LogP contribution in [0.4, 0.5) is 5.69 Å². The summed E-state index contributed by atoms with van der Waals surface area (Å²) in [6, 6.07) is 4.43. The molecular weight excluding hydrogens is 188 g/mol. The average Bonchev–Trinajstić information content (AvgIpc) is 3.03. The van der Waals surface area contributed by atoms with Gasteiger partial charge < -0.3 is 10.1 Å².